The van der Waals surface area contributed by atoms with Crippen LogP contribution in [0.3, 0.4) is 0 Å². The van der Waals surface area contributed by atoms with E-state index in [-0.39, 0.29) is 0 Å². The lowest BCUT2D eigenvalue weighted by Gasteiger charge is -2.41. The molecule has 0 aliphatic carbocycles. The Kier molecular flexibility index (Phi) is 9.00. The summed E-state index contributed by atoms with van der Waals surface area (Å²) in [6.07, 6.45) is 4.00. The van der Waals surface area contributed by atoms with Crippen molar-refractivity contribution in [3.8, 4) is 5.75 Å². The number of para-hydroxylation sites is 1. The number of anilines is 5. The van der Waals surface area contributed by atoms with Gasteiger partial charge in [-0.15, -0.1) is 0 Å². The topological polar surface area (TPSA) is 91.9 Å². The second-order valence-electron chi connectivity index (χ2n) is 10.7. The molecule has 0 bridgehead atoms. The van der Waals surface area contributed by atoms with Crippen LogP contribution in [0.2, 0.25) is 0 Å². The first-order chi connectivity index (χ1) is 19.2. The Morgan fingerprint density at radius 2 is 1.77 bits per heavy atom. The van der Waals surface area contributed by atoms with Gasteiger partial charge in [0.15, 0.2) is 0 Å². The minimum absolute atomic E-state index is 0.427. The molecule has 2 aromatic carbocycles. The molecule has 0 saturated carbocycles. The summed E-state index contributed by atoms with van der Waals surface area (Å²) in [6, 6.07) is 12.4. The Hall–Kier alpha value is -2.65. The smallest absolute Gasteiger partial charge is 0.229 e. The summed E-state index contributed by atoms with van der Waals surface area (Å²) in [5.41, 5.74) is 3.92. The van der Waals surface area contributed by atoms with Crippen molar-refractivity contribution in [3.05, 3.63) is 52.6 Å². The molecule has 40 heavy (non-hydrogen) atoms. The molecule has 1 aromatic heterocycles. The van der Waals surface area contributed by atoms with E-state index in [9.17, 15) is 4.57 Å². The Labute approximate surface area is 245 Å². The number of rotatable bonds is 8. The number of morpholine rings is 1. The Bertz CT molecular complexity index is 1390. The molecule has 0 spiro atoms. The molecule has 11 heteroatoms. The molecule has 0 atom stereocenters. The molecule has 0 amide bonds. The zero-order valence-electron chi connectivity index (χ0n) is 23.6. The zero-order chi connectivity index (χ0) is 28.3. The first kappa shape index (κ1) is 28.9. The second-order valence-corrected chi connectivity index (χ2v) is 14.8. The highest BCUT2D eigenvalue weighted by molar-refractivity contribution is 9.10. The Morgan fingerprint density at radius 1 is 1.05 bits per heavy atom. The molecule has 0 unspecified atom stereocenters. The molecule has 0 radical (unpaired) electrons. The van der Waals surface area contributed by atoms with Crippen LogP contribution >= 0.6 is 23.1 Å². The van der Waals surface area contributed by atoms with Gasteiger partial charge in [0.05, 0.1) is 36.2 Å². The third-order valence-electron chi connectivity index (χ3n) is 7.61. The maximum absolute atomic E-state index is 12.8. The van der Waals surface area contributed by atoms with E-state index in [0.717, 1.165) is 74.7 Å². The monoisotopic (exact) mass is 628 g/mol. The molecular weight excluding hydrogens is 591 g/mol. The van der Waals surface area contributed by atoms with Gasteiger partial charge in [-0.3, -0.25) is 4.90 Å². The molecule has 5 rings (SSSR count). The minimum Gasteiger partial charge on any atom is -0.494 e. The van der Waals surface area contributed by atoms with E-state index < -0.39 is 7.14 Å². The number of halogens is 1. The van der Waals surface area contributed by atoms with Crippen molar-refractivity contribution in [2.45, 2.75) is 25.8 Å². The number of aryl methyl sites for hydroxylation is 1. The maximum Gasteiger partial charge on any atom is 0.229 e. The van der Waals surface area contributed by atoms with Crippen molar-refractivity contribution in [1.82, 2.24) is 14.9 Å². The number of aromatic nitrogens is 2. The van der Waals surface area contributed by atoms with Crippen LogP contribution in [0.25, 0.3) is 0 Å². The molecule has 2 fully saturated rings. The molecule has 2 saturated heterocycles. The number of nitrogens with zero attached hydrogens (tertiary/aromatic N) is 4. The first-order valence-electron chi connectivity index (χ1n) is 13.7. The molecular formula is C29H38BrN6O3P. The summed E-state index contributed by atoms with van der Waals surface area (Å²) >= 11 is 3.55. The van der Waals surface area contributed by atoms with E-state index in [4.69, 9.17) is 14.5 Å². The predicted octanol–water partition coefficient (Wildman–Crippen LogP) is 5.59. The van der Waals surface area contributed by atoms with Gasteiger partial charge in [0.2, 0.25) is 5.95 Å². The van der Waals surface area contributed by atoms with Crippen molar-refractivity contribution in [2.75, 3.05) is 75.4 Å². The summed E-state index contributed by atoms with van der Waals surface area (Å²) < 4.78 is 24.9. The van der Waals surface area contributed by atoms with Crippen LogP contribution in [0.5, 0.6) is 5.75 Å². The van der Waals surface area contributed by atoms with E-state index >= 15 is 0 Å². The standard InChI is InChI=1S/C29H38BrN6O3P/c1-20-17-24(26(38-2)18-25(20)36-11-9-21(10-12-36)35-13-15-39-16-14-35)33-29-31-19-22(30)28(34-29)32-23-7-5-6-8-27(23)40(3,4)37/h5-8,17-19,21H,9-16H2,1-4H3,(H2,31,32,33,34). The highest BCUT2D eigenvalue weighted by Crippen LogP contribution is 2.39. The van der Waals surface area contributed by atoms with E-state index in [1.54, 1.807) is 26.6 Å². The Balaban J connectivity index is 1.32. The number of hydrogen-bond donors (Lipinski definition) is 2. The van der Waals surface area contributed by atoms with Crippen LogP contribution in [-0.2, 0) is 9.30 Å². The van der Waals surface area contributed by atoms with Gasteiger partial charge in [0.1, 0.15) is 18.7 Å². The Morgan fingerprint density at radius 3 is 2.48 bits per heavy atom. The summed E-state index contributed by atoms with van der Waals surface area (Å²) in [6.45, 7) is 11.5. The fourth-order valence-corrected chi connectivity index (χ4v) is 6.96. The average molecular weight is 630 g/mol. The van der Waals surface area contributed by atoms with Crippen LogP contribution in [-0.4, -0.2) is 80.7 Å². The van der Waals surface area contributed by atoms with E-state index in [1.165, 1.54) is 11.3 Å². The van der Waals surface area contributed by atoms with Gasteiger partial charge in [0.25, 0.3) is 0 Å². The third-order valence-corrected chi connectivity index (χ3v) is 9.74. The van der Waals surface area contributed by atoms with Crippen molar-refractivity contribution in [1.29, 1.82) is 0 Å². The fourth-order valence-electron chi connectivity index (χ4n) is 5.51. The van der Waals surface area contributed by atoms with Crippen molar-refractivity contribution >= 4 is 57.2 Å². The minimum atomic E-state index is -2.48. The van der Waals surface area contributed by atoms with Crippen LogP contribution in [0, 0.1) is 6.92 Å². The lowest BCUT2D eigenvalue weighted by atomic mass is 10.0. The normalized spacial score (nSPS) is 17.1. The van der Waals surface area contributed by atoms with Crippen molar-refractivity contribution in [2.24, 2.45) is 0 Å². The summed E-state index contributed by atoms with van der Waals surface area (Å²) in [7, 11) is -0.798. The zero-order valence-corrected chi connectivity index (χ0v) is 26.1. The fraction of sp³-hybridized carbons (Fsp3) is 0.448. The lowest BCUT2D eigenvalue weighted by molar-refractivity contribution is 0.0115. The van der Waals surface area contributed by atoms with Gasteiger partial charge in [-0.1, -0.05) is 12.1 Å². The van der Waals surface area contributed by atoms with Gasteiger partial charge < -0.3 is 29.6 Å². The van der Waals surface area contributed by atoms with Crippen molar-refractivity contribution in [3.63, 3.8) is 0 Å². The van der Waals surface area contributed by atoms with Gasteiger partial charge >= 0.3 is 0 Å². The van der Waals surface area contributed by atoms with Crippen LogP contribution in [0.15, 0.2) is 47.1 Å². The molecule has 9 nitrogen and oxygen atoms in total. The highest BCUT2D eigenvalue weighted by Gasteiger charge is 2.27. The second kappa shape index (κ2) is 12.5. The van der Waals surface area contributed by atoms with E-state index in [2.05, 4.69) is 60.4 Å². The quantitative estimate of drug-likeness (QED) is 0.310. The number of ether oxygens (including phenoxy) is 2. The number of hydrogen-bond acceptors (Lipinski definition) is 9. The molecule has 2 aliphatic heterocycles. The average Bonchev–Trinajstić information content (AvgIpc) is 2.95. The van der Waals surface area contributed by atoms with E-state index in [1.807, 2.05) is 24.3 Å². The summed E-state index contributed by atoms with van der Waals surface area (Å²) in [5.74, 6) is 1.74. The highest BCUT2D eigenvalue weighted by atomic mass is 79.9. The molecule has 3 aromatic rings. The van der Waals surface area contributed by atoms with Gasteiger partial charge in [-0.05, 0) is 72.8 Å². The largest absolute Gasteiger partial charge is 0.494 e. The van der Waals surface area contributed by atoms with Crippen LogP contribution in [0.4, 0.5) is 28.8 Å². The SMILES string of the molecule is COc1cc(N2CCC(N3CCOCC3)CC2)c(C)cc1Nc1ncc(Br)c(Nc2ccccc2P(C)(C)=O)n1. The van der Waals surface area contributed by atoms with Gasteiger partial charge in [-0.2, -0.15) is 4.98 Å². The van der Waals surface area contributed by atoms with Crippen LogP contribution < -0.4 is 25.6 Å². The predicted molar refractivity (Wildman–Crippen MR) is 167 cm³/mol. The maximum atomic E-state index is 12.8. The number of methoxy groups -OCH3 is 1. The molecule has 2 N–H and O–H groups in total. The van der Waals surface area contributed by atoms with E-state index in [0.29, 0.717) is 22.3 Å². The molecule has 3 heterocycles. The number of piperidine rings is 1. The lowest BCUT2D eigenvalue weighted by Crippen LogP contribution is -2.49. The number of nitrogens with one attached hydrogen (secondary N) is 2. The molecule has 2 aliphatic rings. The third kappa shape index (κ3) is 6.62. The summed E-state index contributed by atoms with van der Waals surface area (Å²) in [4.78, 5) is 14.2. The van der Waals surface area contributed by atoms with Crippen LogP contribution in [0.1, 0.15) is 18.4 Å². The summed E-state index contributed by atoms with van der Waals surface area (Å²) in [5, 5.41) is 7.45. The van der Waals surface area contributed by atoms with Gasteiger partial charge in [0, 0.05) is 55.5 Å². The first-order valence-corrected chi connectivity index (χ1v) is 17.1. The van der Waals surface area contributed by atoms with Gasteiger partial charge in [-0.25, -0.2) is 4.98 Å². The number of benzene rings is 2. The van der Waals surface area contributed by atoms with Crippen molar-refractivity contribution < 1.29 is 14.0 Å². The molecule has 214 valence electrons.